The van der Waals surface area contributed by atoms with E-state index in [9.17, 15) is 4.79 Å². The van der Waals surface area contributed by atoms with Crippen LogP contribution in [-0.2, 0) is 4.79 Å². The Morgan fingerprint density at radius 3 is 2.67 bits per heavy atom. The van der Waals surface area contributed by atoms with Gasteiger partial charge in [-0.15, -0.1) is 0 Å². The van der Waals surface area contributed by atoms with E-state index in [2.05, 4.69) is 0 Å². The molecular weight excluding hydrogens is 262 g/mol. The number of carbonyl (C=O) groups is 1. The quantitative estimate of drug-likeness (QED) is 0.629. The fourth-order valence-corrected chi connectivity index (χ4v) is 1.46. The Balaban J connectivity index is 2.89. The van der Waals surface area contributed by atoms with Gasteiger partial charge in [-0.3, -0.25) is 0 Å². The molecule has 0 spiro atoms. The van der Waals surface area contributed by atoms with Gasteiger partial charge in [-0.2, -0.15) is 0 Å². The van der Waals surface area contributed by atoms with Gasteiger partial charge in [0.1, 0.15) is 0 Å². The number of aliphatic carboxylic acids is 1. The van der Waals surface area contributed by atoms with Gasteiger partial charge in [0.25, 0.3) is 0 Å². The van der Waals surface area contributed by atoms with Crippen molar-refractivity contribution < 1.29 is 9.90 Å². The van der Waals surface area contributed by atoms with Gasteiger partial charge in [0.05, 0.1) is 0 Å². The first-order valence-electron chi connectivity index (χ1n) is 3.39. The molecule has 1 N–H and O–H groups in total. The molecule has 0 aliphatic carbocycles. The van der Waals surface area contributed by atoms with E-state index < -0.39 is 5.97 Å². The molecule has 1 aromatic carbocycles. The number of hydrogen-bond acceptors (Lipinski definition) is 1. The van der Waals surface area contributed by atoms with Crippen molar-refractivity contribution in [3.63, 3.8) is 0 Å². The Bertz CT molecular complexity index is 318. The second kappa shape index (κ2) is 4.32. The first-order valence-corrected chi connectivity index (χ1v) is 4.67. The number of carboxylic acid groups (broad SMARTS) is 1. The summed E-state index contributed by atoms with van der Waals surface area (Å²) < 4.78 is 1.13. The average Bonchev–Trinajstić information content (AvgIpc) is 2.03. The summed E-state index contributed by atoms with van der Waals surface area (Å²) in [6.45, 7) is 0. The minimum absolute atomic E-state index is 0.913. The zero-order valence-electron chi connectivity index (χ0n) is 6.27. The molecule has 0 saturated carbocycles. The molecule has 0 aliphatic rings. The molecule has 0 fully saturated rings. The third-order valence-electron chi connectivity index (χ3n) is 1.34. The average molecular weight is 269 g/mol. The first kappa shape index (κ1) is 9.34. The van der Waals surface area contributed by atoms with Crippen LogP contribution in [0.5, 0.6) is 0 Å². The summed E-state index contributed by atoms with van der Waals surface area (Å²) in [6.07, 6.45) is 2.76. The van der Waals surface area contributed by atoms with Crippen molar-refractivity contribution in [2.24, 2.45) is 0 Å². The summed E-state index contributed by atoms with van der Waals surface area (Å²) >= 11 is 1.58. The zero-order chi connectivity index (χ0) is 8.97. The maximum atomic E-state index is 10.2. The Kier molecular flexibility index (Phi) is 3.36. The van der Waals surface area contributed by atoms with Gasteiger partial charge >= 0.3 is 84.4 Å². The van der Waals surface area contributed by atoms with Crippen molar-refractivity contribution in [2.45, 2.75) is 0 Å². The zero-order valence-corrected chi connectivity index (χ0v) is 8.82. The molecule has 12 heavy (non-hydrogen) atoms. The van der Waals surface area contributed by atoms with Gasteiger partial charge in [0.2, 0.25) is 0 Å². The molecule has 0 unspecified atom stereocenters. The Morgan fingerprint density at radius 1 is 1.42 bits per heavy atom. The van der Waals surface area contributed by atoms with E-state index >= 15 is 0 Å². The van der Waals surface area contributed by atoms with Gasteiger partial charge in [-0.05, 0) is 0 Å². The van der Waals surface area contributed by atoms with Crippen LogP contribution in [0.25, 0.3) is 6.08 Å². The number of carboxylic acids is 1. The fourth-order valence-electron chi connectivity index (χ4n) is 0.790. The van der Waals surface area contributed by atoms with Crippen LogP contribution in [0.3, 0.4) is 0 Å². The van der Waals surface area contributed by atoms with Gasteiger partial charge in [0, 0.05) is 0 Å². The molecule has 0 aliphatic heterocycles. The van der Waals surface area contributed by atoms with Crippen LogP contribution in [0.4, 0.5) is 0 Å². The van der Waals surface area contributed by atoms with Crippen molar-refractivity contribution in [2.75, 3.05) is 0 Å². The van der Waals surface area contributed by atoms with Crippen LogP contribution in [0.1, 0.15) is 5.56 Å². The van der Waals surface area contributed by atoms with E-state index in [0.717, 1.165) is 15.1 Å². The van der Waals surface area contributed by atoms with Crippen LogP contribution in [0.15, 0.2) is 30.3 Å². The van der Waals surface area contributed by atoms with Crippen LogP contribution in [0.2, 0.25) is 0 Å². The molecule has 60 valence electrons. The minimum atomic E-state index is -0.913. The van der Waals surface area contributed by atoms with E-state index in [1.807, 2.05) is 24.3 Å². The second-order valence-corrected chi connectivity index (χ2v) is 3.61. The van der Waals surface area contributed by atoms with Gasteiger partial charge < -0.3 is 0 Å². The summed E-state index contributed by atoms with van der Waals surface area (Å²) in [4.78, 5) is 10.2. The Hall–Kier alpha value is -0.752. The first-order chi connectivity index (χ1) is 5.70. The number of benzene rings is 1. The molecule has 0 heterocycles. The molecule has 0 atom stereocenters. The SMILES string of the molecule is O=C(O)C=Cc1cccc[c]1[Sb]. The van der Waals surface area contributed by atoms with Crippen LogP contribution >= 0.6 is 0 Å². The summed E-state index contributed by atoms with van der Waals surface area (Å²) in [6, 6.07) is 7.69. The molecule has 1 aromatic rings. The fraction of sp³-hybridized carbons (Fsp3) is 0. The predicted molar refractivity (Wildman–Crippen MR) is 48.5 cm³/mol. The number of hydrogen-bond donors (Lipinski definition) is 1. The molecular formula is C9H7O2Sb. The topological polar surface area (TPSA) is 37.3 Å². The standard InChI is InChI=1S/C9H7O2.Sb/c10-9(11)7-6-8-4-2-1-3-5-8;/h1-4,6-7H,(H,10,11);. The normalized spacial score (nSPS) is 10.4. The third-order valence-corrected chi connectivity index (χ3v) is 2.50. The molecule has 3 heteroatoms. The molecule has 2 nitrogen and oxygen atoms in total. The number of rotatable bonds is 2. The predicted octanol–water partition coefficient (Wildman–Crippen LogP) is 0.578. The van der Waals surface area contributed by atoms with Crippen molar-refractivity contribution in [1.29, 1.82) is 0 Å². The van der Waals surface area contributed by atoms with E-state index in [1.165, 1.54) is 0 Å². The molecule has 0 aromatic heterocycles. The second-order valence-electron chi connectivity index (χ2n) is 2.23. The summed E-state index contributed by atoms with van der Waals surface area (Å²) in [7, 11) is 0. The molecule has 2 radical (unpaired) electrons. The van der Waals surface area contributed by atoms with Crippen molar-refractivity contribution in [1.82, 2.24) is 0 Å². The van der Waals surface area contributed by atoms with E-state index in [4.69, 9.17) is 5.11 Å². The molecule has 1 rings (SSSR count). The van der Waals surface area contributed by atoms with Crippen molar-refractivity contribution in [3.05, 3.63) is 35.9 Å². The third kappa shape index (κ3) is 2.71. The van der Waals surface area contributed by atoms with E-state index in [-0.39, 0.29) is 0 Å². The summed E-state index contributed by atoms with van der Waals surface area (Å²) in [5.41, 5.74) is 0.967. The maximum absolute atomic E-state index is 10.2. The van der Waals surface area contributed by atoms with Crippen molar-refractivity contribution in [3.8, 4) is 0 Å². The van der Waals surface area contributed by atoms with Crippen LogP contribution < -0.4 is 3.51 Å². The molecule has 0 amide bonds. The van der Waals surface area contributed by atoms with E-state index in [0.29, 0.717) is 0 Å². The Morgan fingerprint density at radius 2 is 2.08 bits per heavy atom. The van der Waals surface area contributed by atoms with E-state index in [1.54, 1.807) is 29.1 Å². The molecule has 0 bridgehead atoms. The van der Waals surface area contributed by atoms with Crippen molar-refractivity contribution >= 4 is 38.6 Å². The van der Waals surface area contributed by atoms with Gasteiger partial charge in [-0.25, -0.2) is 0 Å². The van der Waals surface area contributed by atoms with Gasteiger partial charge in [0.15, 0.2) is 0 Å². The summed E-state index contributed by atoms with van der Waals surface area (Å²) in [5.74, 6) is -0.913. The van der Waals surface area contributed by atoms with Crippen LogP contribution in [0, 0.1) is 0 Å². The Labute approximate surface area is 84.4 Å². The monoisotopic (exact) mass is 268 g/mol. The van der Waals surface area contributed by atoms with Crippen LogP contribution in [-0.4, -0.2) is 34.1 Å². The van der Waals surface area contributed by atoms with Gasteiger partial charge in [-0.1, -0.05) is 0 Å². The molecule has 0 saturated heterocycles. The summed E-state index contributed by atoms with van der Waals surface area (Å²) in [5, 5.41) is 8.38.